The first kappa shape index (κ1) is 19.4. The second kappa shape index (κ2) is 8.88. The summed E-state index contributed by atoms with van der Waals surface area (Å²) in [5.41, 5.74) is 0.191. The van der Waals surface area contributed by atoms with Crippen molar-refractivity contribution in [1.29, 1.82) is 0 Å². The Morgan fingerprint density at radius 1 is 1.43 bits per heavy atom. The molecular weight excluding hydrogens is 330 g/mol. The molecule has 1 amide bonds. The Kier molecular flexibility index (Phi) is 7.51. The van der Waals surface area contributed by atoms with Crippen molar-refractivity contribution in [3.63, 3.8) is 0 Å². The average Bonchev–Trinajstić information content (AvgIpc) is 2.48. The number of nitrogens with one attached hydrogen (secondary N) is 2. The van der Waals surface area contributed by atoms with Gasteiger partial charge in [-0.25, -0.2) is 0 Å². The summed E-state index contributed by atoms with van der Waals surface area (Å²) in [6.07, 6.45) is 1.42. The predicted octanol–water partition coefficient (Wildman–Crippen LogP) is 3.05. The van der Waals surface area contributed by atoms with Gasteiger partial charge in [0, 0.05) is 18.0 Å². The molecule has 1 heterocycles. The fourth-order valence-electron chi connectivity index (χ4n) is 2.54. The molecule has 1 aromatic carbocycles. The molecule has 1 fully saturated rings. The maximum absolute atomic E-state index is 12.5. The Balaban J connectivity index is 0.00000264. The van der Waals surface area contributed by atoms with E-state index in [0.29, 0.717) is 18.6 Å². The zero-order valence-electron chi connectivity index (χ0n) is 13.0. The Morgan fingerprint density at radius 3 is 2.78 bits per heavy atom. The van der Waals surface area contributed by atoms with Crippen molar-refractivity contribution in [2.24, 2.45) is 5.92 Å². The zero-order valence-corrected chi connectivity index (χ0v) is 13.8. The molecule has 0 unspecified atom stereocenters. The highest BCUT2D eigenvalue weighted by atomic mass is 35.5. The van der Waals surface area contributed by atoms with Gasteiger partial charge in [-0.2, -0.15) is 8.78 Å². The van der Waals surface area contributed by atoms with Crippen molar-refractivity contribution in [2.75, 3.05) is 19.0 Å². The number of piperidine rings is 1. The number of hydrogen-bond acceptors (Lipinski definition) is 4. The molecule has 2 rings (SSSR count). The van der Waals surface area contributed by atoms with Crippen molar-refractivity contribution >= 4 is 24.0 Å². The van der Waals surface area contributed by atoms with Crippen LogP contribution in [0.15, 0.2) is 18.2 Å². The van der Waals surface area contributed by atoms with Gasteiger partial charge >= 0.3 is 6.61 Å². The molecule has 0 bridgehead atoms. The number of alkyl halides is 2. The maximum Gasteiger partial charge on any atom is 0.387 e. The molecule has 5 nitrogen and oxygen atoms in total. The van der Waals surface area contributed by atoms with Crippen molar-refractivity contribution in [3.8, 4) is 11.5 Å². The van der Waals surface area contributed by atoms with Gasteiger partial charge in [0.1, 0.15) is 11.5 Å². The number of ether oxygens (including phenoxy) is 2. The first-order valence-electron chi connectivity index (χ1n) is 7.16. The van der Waals surface area contributed by atoms with Crippen LogP contribution in [0.1, 0.15) is 19.8 Å². The summed E-state index contributed by atoms with van der Waals surface area (Å²) in [6.45, 7) is -0.184. The third-order valence-electron chi connectivity index (χ3n) is 3.66. The standard InChI is InChI=1S/C15H20F2N2O3.ClH/c1-9-7-10(5-6-18-9)14(20)19-12-8-11(21-2)3-4-13(12)22-15(16)17;/h3-4,8-10,15,18H,5-7H2,1-2H3,(H,19,20);1H/t9-,10-;/m0./s1. The molecule has 0 saturated carbocycles. The topological polar surface area (TPSA) is 59.6 Å². The van der Waals surface area contributed by atoms with E-state index < -0.39 is 6.61 Å². The summed E-state index contributed by atoms with van der Waals surface area (Å²) >= 11 is 0. The van der Waals surface area contributed by atoms with E-state index in [1.807, 2.05) is 6.92 Å². The van der Waals surface area contributed by atoms with E-state index in [4.69, 9.17) is 4.74 Å². The lowest BCUT2D eigenvalue weighted by Crippen LogP contribution is -2.40. The molecule has 0 aliphatic carbocycles. The van der Waals surface area contributed by atoms with Crippen LogP contribution in [0.3, 0.4) is 0 Å². The summed E-state index contributed by atoms with van der Waals surface area (Å²) in [7, 11) is 1.46. The molecular formula is C15H21ClF2N2O3. The normalized spacial score (nSPS) is 20.6. The van der Waals surface area contributed by atoms with E-state index >= 15 is 0 Å². The van der Waals surface area contributed by atoms with Gasteiger partial charge in [-0.15, -0.1) is 12.4 Å². The van der Waals surface area contributed by atoms with E-state index in [9.17, 15) is 13.6 Å². The molecule has 0 aromatic heterocycles. The van der Waals surface area contributed by atoms with E-state index in [2.05, 4.69) is 15.4 Å². The summed E-state index contributed by atoms with van der Waals surface area (Å²) in [6, 6.07) is 4.58. The van der Waals surface area contributed by atoms with Crippen molar-refractivity contribution < 1.29 is 23.0 Å². The van der Waals surface area contributed by atoms with Crippen LogP contribution < -0.4 is 20.1 Å². The Hall–Kier alpha value is -1.60. The average molecular weight is 351 g/mol. The molecule has 0 radical (unpaired) electrons. The molecule has 1 aliphatic rings. The third kappa shape index (κ3) is 5.51. The van der Waals surface area contributed by atoms with Gasteiger partial charge < -0.3 is 20.1 Å². The maximum atomic E-state index is 12.5. The number of benzene rings is 1. The quantitative estimate of drug-likeness (QED) is 0.857. The Bertz CT molecular complexity index is 531. The highest BCUT2D eigenvalue weighted by molar-refractivity contribution is 5.94. The Morgan fingerprint density at radius 2 is 2.17 bits per heavy atom. The van der Waals surface area contributed by atoms with Gasteiger partial charge in [0.05, 0.1) is 12.8 Å². The fraction of sp³-hybridized carbons (Fsp3) is 0.533. The van der Waals surface area contributed by atoms with E-state index in [1.54, 1.807) is 0 Å². The number of anilines is 1. The smallest absolute Gasteiger partial charge is 0.387 e. The van der Waals surface area contributed by atoms with Crippen LogP contribution in [0.5, 0.6) is 11.5 Å². The van der Waals surface area contributed by atoms with Crippen LogP contribution in [0.2, 0.25) is 0 Å². The van der Waals surface area contributed by atoms with Crippen LogP contribution in [-0.4, -0.2) is 32.2 Å². The van der Waals surface area contributed by atoms with E-state index in [0.717, 1.165) is 6.54 Å². The first-order valence-corrected chi connectivity index (χ1v) is 7.16. The number of carbonyl (C=O) groups is 1. The van der Waals surface area contributed by atoms with Crippen LogP contribution in [-0.2, 0) is 4.79 Å². The SMILES string of the molecule is COc1ccc(OC(F)F)c(NC(=O)[C@H]2CCN[C@@H](C)C2)c1.Cl. The minimum Gasteiger partial charge on any atom is -0.497 e. The molecule has 8 heteroatoms. The molecule has 1 saturated heterocycles. The molecule has 2 atom stereocenters. The number of methoxy groups -OCH3 is 1. The van der Waals surface area contributed by atoms with E-state index in [-0.39, 0.29) is 41.7 Å². The fourth-order valence-corrected chi connectivity index (χ4v) is 2.54. The number of rotatable bonds is 5. The van der Waals surface area contributed by atoms with Gasteiger partial charge in [-0.3, -0.25) is 4.79 Å². The summed E-state index contributed by atoms with van der Waals surface area (Å²) in [4.78, 5) is 12.3. The largest absolute Gasteiger partial charge is 0.497 e. The lowest BCUT2D eigenvalue weighted by atomic mass is 9.92. The minimum absolute atomic E-state index is 0. The van der Waals surface area contributed by atoms with Gasteiger partial charge in [0.15, 0.2) is 0 Å². The molecule has 130 valence electrons. The van der Waals surface area contributed by atoms with E-state index in [1.165, 1.54) is 25.3 Å². The lowest BCUT2D eigenvalue weighted by molar-refractivity contribution is -0.121. The summed E-state index contributed by atoms with van der Waals surface area (Å²) in [5.74, 6) is 0.0318. The molecule has 1 aromatic rings. The van der Waals surface area contributed by atoms with Gasteiger partial charge in [0.25, 0.3) is 0 Å². The molecule has 23 heavy (non-hydrogen) atoms. The van der Waals surface area contributed by atoms with Crippen LogP contribution >= 0.6 is 12.4 Å². The first-order chi connectivity index (χ1) is 10.5. The monoisotopic (exact) mass is 350 g/mol. The number of amides is 1. The van der Waals surface area contributed by atoms with Gasteiger partial charge in [-0.05, 0) is 38.4 Å². The van der Waals surface area contributed by atoms with Crippen LogP contribution in [0.4, 0.5) is 14.5 Å². The second-order valence-corrected chi connectivity index (χ2v) is 5.31. The Labute approximate surface area is 140 Å². The number of halogens is 3. The molecule has 1 aliphatic heterocycles. The highest BCUT2D eigenvalue weighted by Crippen LogP contribution is 2.31. The van der Waals surface area contributed by atoms with Crippen LogP contribution in [0, 0.1) is 5.92 Å². The van der Waals surface area contributed by atoms with Crippen molar-refractivity contribution in [1.82, 2.24) is 5.32 Å². The van der Waals surface area contributed by atoms with Crippen molar-refractivity contribution in [3.05, 3.63) is 18.2 Å². The minimum atomic E-state index is -2.96. The number of carbonyl (C=O) groups excluding carboxylic acids is 1. The molecule has 2 N–H and O–H groups in total. The second-order valence-electron chi connectivity index (χ2n) is 5.31. The zero-order chi connectivity index (χ0) is 16.1. The lowest BCUT2D eigenvalue weighted by Gasteiger charge is -2.27. The molecule has 0 spiro atoms. The summed E-state index contributed by atoms with van der Waals surface area (Å²) in [5, 5.41) is 5.94. The van der Waals surface area contributed by atoms with Gasteiger partial charge in [0.2, 0.25) is 5.91 Å². The third-order valence-corrected chi connectivity index (χ3v) is 3.66. The summed E-state index contributed by atoms with van der Waals surface area (Å²) < 4.78 is 34.4. The van der Waals surface area contributed by atoms with Crippen LogP contribution in [0.25, 0.3) is 0 Å². The van der Waals surface area contributed by atoms with Gasteiger partial charge in [-0.1, -0.05) is 0 Å². The number of hydrogen-bond donors (Lipinski definition) is 2. The van der Waals surface area contributed by atoms with Crippen molar-refractivity contribution in [2.45, 2.75) is 32.4 Å². The highest BCUT2D eigenvalue weighted by Gasteiger charge is 2.25. The predicted molar refractivity (Wildman–Crippen MR) is 85.7 cm³/mol.